The molecule has 1 aliphatic heterocycles. The molecule has 5 heteroatoms. The molecule has 0 bridgehead atoms. The van der Waals surface area contributed by atoms with Gasteiger partial charge in [-0.15, -0.1) is 0 Å². The van der Waals surface area contributed by atoms with Crippen LogP contribution in [0, 0.1) is 0 Å². The molecule has 1 aromatic heterocycles. The van der Waals surface area contributed by atoms with Gasteiger partial charge in [0, 0.05) is 5.39 Å². The van der Waals surface area contributed by atoms with Gasteiger partial charge in [0.05, 0.1) is 13.2 Å². The van der Waals surface area contributed by atoms with Crippen molar-refractivity contribution in [2.75, 3.05) is 13.2 Å². The lowest BCUT2D eigenvalue weighted by atomic mass is 10.1. The summed E-state index contributed by atoms with van der Waals surface area (Å²) in [4.78, 5) is 31.7. The second-order valence-corrected chi connectivity index (χ2v) is 4.19. The van der Waals surface area contributed by atoms with Crippen LogP contribution in [-0.2, 0) is 4.84 Å². The first-order valence-corrected chi connectivity index (χ1v) is 5.82. The van der Waals surface area contributed by atoms with E-state index < -0.39 is 0 Å². The molecule has 1 fully saturated rings. The lowest BCUT2D eigenvalue weighted by Crippen LogP contribution is -2.29. The number of rotatable bonds is 1. The summed E-state index contributed by atoms with van der Waals surface area (Å²) in [6.07, 6.45) is 0.823. The van der Waals surface area contributed by atoms with Crippen LogP contribution in [0.1, 0.15) is 16.9 Å². The molecule has 1 aromatic carbocycles. The second-order valence-electron chi connectivity index (χ2n) is 4.19. The van der Waals surface area contributed by atoms with Crippen LogP contribution in [-0.4, -0.2) is 29.1 Å². The summed E-state index contributed by atoms with van der Waals surface area (Å²) in [5.41, 5.74) is 0.0104. The molecule has 0 atom stereocenters. The Morgan fingerprint density at radius 1 is 1.33 bits per heavy atom. The van der Waals surface area contributed by atoms with Crippen molar-refractivity contribution in [1.82, 2.24) is 10.0 Å². The van der Waals surface area contributed by atoms with Gasteiger partial charge in [-0.05, 0) is 23.9 Å². The van der Waals surface area contributed by atoms with E-state index in [0.29, 0.717) is 18.5 Å². The third kappa shape index (κ3) is 1.78. The van der Waals surface area contributed by atoms with Gasteiger partial charge >= 0.3 is 0 Å². The number of aromatic amines is 1. The standard InChI is InChI=1S/C13H12N2O3/c16-12-10-5-2-1-4-9(10)8-11(14-12)13(17)15-6-3-7-18-15/h1-2,4-5,8H,3,6-7H2,(H,14,16). The smallest absolute Gasteiger partial charge is 0.293 e. The van der Waals surface area contributed by atoms with Crippen molar-refractivity contribution in [3.05, 3.63) is 46.4 Å². The molecule has 1 aliphatic rings. The molecule has 0 spiro atoms. The maximum atomic E-state index is 12.1. The van der Waals surface area contributed by atoms with Crippen molar-refractivity contribution in [2.45, 2.75) is 6.42 Å². The number of amides is 1. The number of hydroxylamine groups is 2. The maximum absolute atomic E-state index is 12.1. The lowest BCUT2D eigenvalue weighted by molar-refractivity contribution is -0.0771. The quantitative estimate of drug-likeness (QED) is 0.822. The van der Waals surface area contributed by atoms with Gasteiger partial charge in [-0.1, -0.05) is 18.2 Å². The number of H-pyrrole nitrogens is 1. The molecule has 0 aliphatic carbocycles. The Morgan fingerprint density at radius 2 is 2.17 bits per heavy atom. The summed E-state index contributed by atoms with van der Waals surface area (Å²) >= 11 is 0. The fraction of sp³-hybridized carbons (Fsp3) is 0.231. The van der Waals surface area contributed by atoms with Gasteiger partial charge in [-0.3, -0.25) is 14.4 Å². The minimum atomic E-state index is -0.296. The minimum Gasteiger partial charge on any atom is -0.317 e. The molecule has 2 aromatic rings. The Hall–Kier alpha value is -2.14. The predicted octanol–water partition coefficient (Wildman–Crippen LogP) is 1.31. The van der Waals surface area contributed by atoms with Crippen LogP contribution in [0.15, 0.2) is 35.1 Å². The van der Waals surface area contributed by atoms with E-state index >= 15 is 0 Å². The largest absolute Gasteiger partial charge is 0.317 e. The fourth-order valence-corrected chi connectivity index (χ4v) is 2.07. The Kier molecular flexibility index (Phi) is 2.60. The highest BCUT2D eigenvalue weighted by atomic mass is 16.7. The summed E-state index contributed by atoms with van der Waals surface area (Å²) in [7, 11) is 0. The maximum Gasteiger partial charge on any atom is 0.293 e. The van der Waals surface area contributed by atoms with Gasteiger partial charge in [0.1, 0.15) is 5.69 Å². The fourth-order valence-electron chi connectivity index (χ4n) is 2.07. The van der Waals surface area contributed by atoms with E-state index in [2.05, 4.69) is 4.98 Å². The highest BCUT2D eigenvalue weighted by molar-refractivity contribution is 5.95. The number of nitrogens with one attached hydrogen (secondary N) is 1. The molecule has 0 unspecified atom stereocenters. The van der Waals surface area contributed by atoms with Crippen LogP contribution in [0.25, 0.3) is 10.8 Å². The first-order valence-electron chi connectivity index (χ1n) is 5.82. The van der Waals surface area contributed by atoms with Gasteiger partial charge < -0.3 is 4.98 Å². The number of pyridine rings is 1. The second kappa shape index (κ2) is 4.27. The first-order chi connectivity index (χ1) is 8.75. The normalized spacial score (nSPS) is 15.2. The average Bonchev–Trinajstić information content (AvgIpc) is 2.91. The van der Waals surface area contributed by atoms with Crippen LogP contribution < -0.4 is 5.56 Å². The lowest BCUT2D eigenvalue weighted by Gasteiger charge is -2.13. The number of hydrogen-bond acceptors (Lipinski definition) is 3. The number of fused-ring (bicyclic) bond motifs is 1. The van der Waals surface area contributed by atoms with Crippen molar-refractivity contribution in [1.29, 1.82) is 0 Å². The minimum absolute atomic E-state index is 0.254. The summed E-state index contributed by atoms with van der Waals surface area (Å²) in [5, 5.41) is 2.63. The molecular weight excluding hydrogens is 232 g/mol. The van der Waals surface area contributed by atoms with Gasteiger partial charge in [-0.25, -0.2) is 5.06 Å². The summed E-state index contributed by atoms with van der Waals surface area (Å²) < 4.78 is 0. The molecule has 2 heterocycles. The zero-order chi connectivity index (χ0) is 12.5. The number of benzene rings is 1. The van der Waals surface area contributed by atoms with E-state index in [1.54, 1.807) is 18.2 Å². The van der Waals surface area contributed by atoms with E-state index in [1.807, 2.05) is 12.1 Å². The molecule has 5 nitrogen and oxygen atoms in total. The molecule has 1 amide bonds. The number of carbonyl (C=O) groups is 1. The van der Waals surface area contributed by atoms with Crippen molar-refractivity contribution in [3.8, 4) is 0 Å². The highest BCUT2D eigenvalue weighted by Crippen LogP contribution is 2.13. The molecule has 3 rings (SSSR count). The van der Waals surface area contributed by atoms with E-state index in [4.69, 9.17) is 4.84 Å². The summed E-state index contributed by atoms with van der Waals surface area (Å²) in [5.74, 6) is -0.296. The summed E-state index contributed by atoms with van der Waals surface area (Å²) in [6, 6.07) is 8.85. The molecule has 1 saturated heterocycles. The topological polar surface area (TPSA) is 62.4 Å². The Bertz CT molecular complexity index is 657. The number of nitrogens with zero attached hydrogens (tertiary/aromatic N) is 1. The molecule has 0 radical (unpaired) electrons. The zero-order valence-corrected chi connectivity index (χ0v) is 9.68. The van der Waals surface area contributed by atoms with Gasteiger partial charge in [-0.2, -0.15) is 0 Å². The van der Waals surface area contributed by atoms with Crippen LogP contribution in [0.4, 0.5) is 0 Å². The molecule has 0 saturated carbocycles. The van der Waals surface area contributed by atoms with Crippen LogP contribution in [0.5, 0.6) is 0 Å². The molecule has 18 heavy (non-hydrogen) atoms. The van der Waals surface area contributed by atoms with Gasteiger partial charge in [0.2, 0.25) is 0 Å². The monoisotopic (exact) mass is 244 g/mol. The molecule has 1 N–H and O–H groups in total. The van der Waals surface area contributed by atoms with Crippen molar-refractivity contribution in [3.63, 3.8) is 0 Å². The summed E-state index contributed by atoms with van der Waals surface area (Å²) in [6.45, 7) is 1.11. The van der Waals surface area contributed by atoms with Gasteiger partial charge in [0.25, 0.3) is 11.5 Å². The SMILES string of the molecule is O=C(c1cc2ccccc2c(=O)[nH]1)N1CCCO1. The third-order valence-electron chi connectivity index (χ3n) is 2.96. The van der Waals surface area contributed by atoms with E-state index in [-0.39, 0.29) is 17.2 Å². The zero-order valence-electron chi connectivity index (χ0n) is 9.68. The number of carbonyl (C=O) groups excluding carboxylic acids is 1. The number of aromatic nitrogens is 1. The highest BCUT2D eigenvalue weighted by Gasteiger charge is 2.22. The third-order valence-corrected chi connectivity index (χ3v) is 2.96. The average molecular weight is 244 g/mol. The van der Waals surface area contributed by atoms with E-state index in [9.17, 15) is 9.59 Å². The molecular formula is C13H12N2O3. The van der Waals surface area contributed by atoms with Crippen molar-refractivity contribution >= 4 is 16.7 Å². The Labute approximate surface area is 103 Å². The molecule has 92 valence electrons. The Morgan fingerprint density at radius 3 is 2.94 bits per heavy atom. The predicted molar refractivity (Wildman–Crippen MR) is 66.2 cm³/mol. The number of hydrogen-bond donors (Lipinski definition) is 1. The van der Waals surface area contributed by atoms with Crippen molar-refractivity contribution in [2.24, 2.45) is 0 Å². The van der Waals surface area contributed by atoms with E-state index in [1.165, 1.54) is 5.06 Å². The van der Waals surface area contributed by atoms with Crippen LogP contribution in [0.3, 0.4) is 0 Å². The first kappa shape index (κ1) is 11.0. The Balaban J connectivity index is 2.07. The van der Waals surface area contributed by atoms with Crippen LogP contribution in [0.2, 0.25) is 0 Å². The van der Waals surface area contributed by atoms with Crippen LogP contribution >= 0.6 is 0 Å². The van der Waals surface area contributed by atoms with E-state index in [0.717, 1.165) is 11.8 Å². The van der Waals surface area contributed by atoms with Crippen molar-refractivity contribution < 1.29 is 9.63 Å². The van der Waals surface area contributed by atoms with Gasteiger partial charge in [0.15, 0.2) is 0 Å².